The van der Waals surface area contributed by atoms with Crippen LogP contribution in [0.5, 0.6) is 0 Å². The van der Waals surface area contributed by atoms with Crippen molar-refractivity contribution in [1.82, 2.24) is 4.90 Å². The third kappa shape index (κ3) is 3.81. The Hall–Kier alpha value is -1.88. The van der Waals surface area contributed by atoms with Crippen LogP contribution in [0.4, 0.5) is 0 Å². The van der Waals surface area contributed by atoms with Gasteiger partial charge in [-0.15, -0.1) is 0 Å². The van der Waals surface area contributed by atoms with Crippen LogP contribution in [0.3, 0.4) is 0 Å². The van der Waals surface area contributed by atoms with Crippen LogP contribution in [0.15, 0.2) is 30.3 Å². The number of carboxylic acids is 1. The Morgan fingerprint density at radius 1 is 1.35 bits per heavy atom. The van der Waals surface area contributed by atoms with Crippen molar-refractivity contribution in [2.75, 3.05) is 13.1 Å². The van der Waals surface area contributed by atoms with E-state index >= 15 is 0 Å². The van der Waals surface area contributed by atoms with Gasteiger partial charge in [0, 0.05) is 19.5 Å². The van der Waals surface area contributed by atoms with Gasteiger partial charge in [-0.25, -0.2) is 0 Å². The molecule has 5 heteroatoms. The van der Waals surface area contributed by atoms with E-state index in [9.17, 15) is 9.59 Å². The van der Waals surface area contributed by atoms with E-state index in [2.05, 4.69) is 0 Å². The van der Waals surface area contributed by atoms with Gasteiger partial charge in [-0.05, 0) is 24.3 Å². The Balaban J connectivity index is 1.87. The Morgan fingerprint density at radius 3 is 2.70 bits per heavy atom. The van der Waals surface area contributed by atoms with Crippen LogP contribution in [-0.4, -0.2) is 41.0 Å². The molecule has 2 rings (SSSR count). The minimum absolute atomic E-state index is 0.0559. The minimum atomic E-state index is -0.808. The third-order valence-electron chi connectivity index (χ3n) is 3.68. The van der Waals surface area contributed by atoms with Gasteiger partial charge < -0.3 is 15.7 Å². The standard InChI is InChI=1S/C15H20N2O3/c16-13(8-11-4-2-1-3-5-11)15(20)17-7-6-12(10-17)9-14(18)19/h1-5,12-13H,6-10,16H2,(H,18,19)/t12?,13-/m0/s1. The number of carbonyl (C=O) groups is 2. The molecule has 108 valence electrons. The first kappa shape index (κ1) is 14.5. The molecular weight excluding hydrogens is 256 g/mol. The molecule has 1 aliphatic heterocycles. The summed E-state index contributed by atoms with van der Waals surface area (Å²) in [7, 11) is 0. The van der Waals surface area contributed by atoms with Crippen LogP contribution in [0.1, 0.15) is 18.4 Å². The zero-order chi connectivity index (χ0) is 14.5. The predicted octanol–water partition coefficient (Wildman–Crippen LogP) is 0.880. The van der Waals surface area contributed by atoms with Crippen LogP contribution >= 0.6 is 0 Å². The maximum atomic E-state index is 12.2. The lowest BCUT2D eigenvalue weighted by Gasteiger charge is -2.21. The summed E-state index contributed by atoms with van der Waals surface area (Å²) in [6, 6.07) is 9.11. The second-order valence-electron chi connectivity index (χ2n) is 5.33. The van der Waals surface area contributed by atoms with Gasteiger partial charge in [0.05, 0.1) is 6.04 Å². The van der Waals surface area contributed by atoms with Gasteiger partial charge in [0.1, 0.15) is 0 Å². The van der Waals surface area contributed by atoms with Gasteiger partial charge in [0.25, 0.3) is 0 Å². The molecule has 0 radical (unpaired) electrons. The summed E-state index contributed by atoms with van der Waals surface area (Å²) in [5, 5.41) is 8.77. The molecule has 0 aromatic heterocycles. The number of benzene rings is 1. The fourth-order valence-electron chi connectivity index (χ4n) is 2.64. The molecule has 0 spiro atoms. The van der Waals surface area contributed by atoms with Crippen molar-refractivity contribution < 1.29 is 14.7 Å². The first-order chi connectivity index (χ1) is 9.56. The van der Waals surface area contributed by atoms with Crippen molar-refractivity contribution >= 4 is 11.9 Å². The summed E-state index contributed by atoms with van der Waals surface area (Å²) >= 11 is 0. The van der Waals surface area contributed by atoms with Crippen molar-refractivity contribution in [3.8, 4) is 0 Å². The van der Waals surface area contributed by atoms with E-state index in [0.717, 1.165) is 12.0 Å². The summed E-state index contributed by atoms with van der Waals surface area (Å²) in [6.45, 7) is 1.12. The number of carboxylic acid groups (broad SMARTS) is 1. The number of hydrogen-bond donors (Lipinski definition) is 2. The quantitative estimate of drug-likeness (QED) is 0.836. The molecular formula is C15H20N2O3. The summed E-state index contributed by atoms with van der Waals surface area (Å²) in [5.41, 5.74) is 7.00. The topological polar surface area (TPSA) is 83.6 Å². The number of rotatable bonds is 5. The molecule has 0 saturated carbocycles. The Morgan fingerprint density at radius 2 is 2.05 bits per heavy atom. The van der Waals surface area contributed by atoms with Crippen molar-refractivity contribution in [2.24, 2.45) is 11.7 Å². The van der Waals surface area contributed by atoms with Crippen molar-refractivity contribution in [2.45, 2.75) is 25.3 Å². The second kappa shape index (κ2) is 6.52. The molecule has 1 saturated heterocycles. The van der Waals surface area contributed by atoms with Crippen LogP contribution in [0, 0.1) is 5.92 Å². The lowest BCUT2D eigenvalue weighted by atomic mass is 10.0. The highest BCUT2D eigenvalue weighted by Crippen LogP contribution is 2.20. The number of nitrogens with zero attached hydrogens (tertiary/aromatic N) is 1. The highest BCUT2D eigenvalue weighted by molar-refractivity contribution is 5.82. The molecule has 1 amide bonds. The maximum Gasteiger partial charge on any atom is 0.303 e. The van der Waals surface area contributed by atoms with Gasteiger partial charge in [-0.2, -0.15) is 0 Å². The average molecular weight is 276 g/mol. The first-order valence-corrected chi connectivity index (χ1v) is 6.86. The average Bonchev–Trinajstić information content (AvgIpc) is 2.86. The summed E-state index contributed by atoms with van der Waals surface area (Å²) in [4.78, 5) is 24.6. The fraction of sp³-hybridized carbons (Fsp3) is 0.467. The molecule has 3 N–H and O–H groups in total. The van der Waals surface area contributed by atoms with E-state index < -0.39 is 12.0 Å². The van der Waals surface area contributed by atoms with Gasteiger partial charge in [-0.1, -0.05) is 30.3 Å². The number of hydrogen-bond acceptors (Lipinski definition) is 3. The highest BCUT2D eigenvalue weighted by Gasteiger charge is 2.30. The van der Waals surface area contributed by atoms with Crippen molar-refractivity contribution in [3.63, 3.8) is 0 Å². The molecule has 1 fully saturated rings. The number of nitrogens with two attached hydrogens (primary N) is 1. The number of likely N-dealkylation sites (tertiary alicyclic amines) is 1. The van der Waals surface area contributed by atoms with Gasteiger partial charge in [0.2, 0.25) is 5.91 Å². The number of carbonyl (C=O) groups excluding carboxylic acids is 1. The van der Waals surface area contributed by atoms with Crippen LogP contribution < -0.4 is 5.73 Å². The lowest BCUT2D eigenvalue weighted by Crippen LogP contribution is -2.44. The van der Waals surface area contributed by atoms with Gasteiger partial charge in [0.15, 0.2) is 0 Å². The van der Waals surface area contributed by atoms with Crippen LogP contribution in [0.25, 0.3) is 0 Å². The van der Waals surface area contributed by atoms with E-state index in [1.807, 2.05) is 30.3 Å². The minimum Gasteiger partial charge on any atom is -0.481 e. The lowest BCUT2D eigenvalue weighted by molar-refractivity contribution is -0.138. The Kier molecular flexibility index (Phi) is 4.74. The van der Waals surface area contributed by atoms with Crippen molar-refractivity contribution in [3.05, 3.63) is 35.9 Å². The summed E-state index contributed by atoms with van der Waals surface area (Å²) in [5.74, 6) is -0.833. The van der Waals surface area contributed by atoms with E-state index in [-0.39, 0.29) is 18.2 Å². The zero-order valence-corrected chi connectivity index (χ0v) is 11.4. The molecule has 5 nitrogen and oxygen atoms in total. The molecule has 1 heterocycles. The van der Waals surface area contributed by atoms with E-state index in [0.29, 0.717) is 19.5 Å². The smallest absolute Gasteiger partial charge is 0.303 e. The first-order valence-electron chi connectivity index (χ1n) is 6.86. The van der Waals surface area contributed by atoms with Crippen LogP contribution in [0.2, 0.25) is 0 Å². The molecule has 1 aromatic carbocycles. The van der Waals surface area contributed by atoms with Gasteiger partial charge in [-0.3, -0.25) is 9.59 Å². The third-order valence-corrected chi connectivity index (χ3v) is 3.68. The normalized spacial score (nSPS) is 19.9. The zero-order valence-electron chi connectivity index (χ0n) is 11.4. The summed E-state index contributed by atoms with van der Waals surface area (Å²) in [6.07, 6.45) is 1.38. The largest absolute Gasteiger partial charge is 0.481 e. The SMILES string of the molecule is N[C@@H](Cc1ccccc1)C(=O)N1CCC(CC(=O)O)C1. The molecule has 0 aliphatic carbocycles. The highest BCUT2D eigenvalue weighted by atomic mass is 16.4. The Labute approximate surface area is 118 Å². The molecule has 1 unspecified atom stereocenters. The molecule has 1 aliphatic rings. The maximum absolute atomic E-state index is 12.2. The predicted molar refractivity (Wildman–Crippen MR) is 75.1 cm³/mol. The molecule has 20 heavy (non-hydrogen) atoms. The number of aliphatic carboxylic acids is 1. The van der Waals surface area contributed by atoms with E-state index in [1.165, 1.54) is 0 Å². The summed E-state index contributed by atoms with van der Waals surface area (Å²) < 4.78 is 0. The van der Waals surface area contributed by atoms with Crippen molar-refractivity contribution in [1.29, 1.82) is 0 Å². The van der Waals surface area contributed by atoms with E-state index in [4.69, 9.17) is 10.8 Å². The van der Waals surface area contributed by atoms with Gasteiger partial charge >= 0.3 is 5.97 Å². The molecule has 0 bridgehead atoms. The Bertz CT molecular complexity index is 475. The molecule has 2 atom stereocenters. The van der Waals surface area contributed by atoms with Crippen LogP contribution in [-0.2, 0) is 16.0 Å². The fourth-order valence-corrected chi connectivity index (χ4v) is 2.64. The van der Waals surface area contributed by atoms with E-state index in [1.54, 1.807) is 4.90 Å². The second-order valence-corrected chi connectivity index (χ2v) is 5.33. The number of amides is 1. The monoisotopic (exact) mass is 276 g/mol. The molecule has 1 aromatic rings.